The van der Waals surface area contributed by atoms with Crippen LogP contribution >= 0.6 is 0 Å². The van der Waals surface area contributed by atoms with Gasteiger partial charge in [-0.25, -0.2) is 0 Å². The van der Waals surface area contributed by atoms with Crippen LogP contribution < -0.4 is 5.32 Å². The van der Waals surface area contributed by atoms with Gasteiger partial charge in [-0.15, -0.1) is 0 Å². The summed E-state index contributed by atoms with van der Waals surface area (Å²) in [6, 6.07) is -0.233. The Kier molecular flexibility index (Phi) is 11.7. The third-order valence-electron chi connectivity index (χ3n) is 11.0. The summed E-state index contributed by atoms with van der Waals surface area (Å²) in [5.41, 5.74) is -1.81. The van der Waals surface area contributed by atoms with Crippen LogP contribution in [0, 0.1) is 23.7 Å². The minimum absolute atomic E-state index is 0.0482. The highest BCUT2D eigenvalue weighted by Crippen LogP contribution is 2.47. The second kappa shape index (κ2) is 14.3. The van der Waals surface area contributed by atoms with Crippen LogP contribution in [0.4, 0.5) is 0 Å². The molecule has 0 aliphatic carbocycles. The normalized spacial score (nSPS) is 52.1. The molecule has 0 spiro atoms. The Labute approximate surface area is 268 Å². The van der Waals surface area contributed by atoms with Gasteiger partial charge in [0.1, 0.15) is 18.3 Å². The first-order valence-electron chi connectivity index (χ1n) is 16.7. The summed E-state index contributed by atoms with van der Waals surface area (Å²) < 4.78 is 44.5. The van der Waals surface area contributed by atoms with Crippen molar-refractivity contribution in [1.29, 1.82) is 0 Å². The maximum Gasteiger partial charge on any atom is 0.311 e. The molecule has 4 N–H and O–H groups in total. The molecular formula is C33H59NO11. The van der Waals surface area contributed by atoms with Gasteiger partial charge in [0.2, 0.25) is 0 Å². The van der Waals surface area contributed by atoms with Crippen LogP contribution in [-0.2, 0) is 38.0 Å². The van der Waals surface area contributed by atoms with Crippen molar-refractivity contribution in [2.75, 3.05) is 14.2 Å². The van der Waals surface area contributed by atoms with Crippen LogP contribution in [0.3, 0.4) is 0 Å². The Bertz CT molecular complexity index is 1000. The Balaban J connectivity index is 1.77. The van der Waals surface area contributed by atoms with Crippen LogP contribution in [0.5, 0.6) is 0 Å². The molecule has 12 heteroatoms. The molecule has 45 heavy (non-hydrogen) atoms. The van der Waals surface area contributed by atoms with E-state index in [-0.39, 0.29) is 36.5 Å². The van der Waals surface area contributed by atoms with E-state index in [1.807, 2.05) is 34.6 Å². The number of likely N-dealkylation sites (N-methyl/N-ethyl adjacent to an activating group) is 1. The molecule has 4 heterocycles. The number of aliphatic hydroxyl groups excluding tert-OH is 3. The number of cyclic esters (lactones) is 1. The molecular weight excluding hydrogens is 586 g/mol. The first kappa shape index (κ1) is 36.9. The molecule has 4 fully saturated rings. The Morgan fingerprint density at radius 2 is 1.67 bits per heavy atom. The summed E-state index contributed by atoms with van der Waals surface area (Å²) in [5.74, 6) is -2.09. The van der Waals surface area contributed by atoms with Gasteiger partial charge in [0.25, 0.3) is 0 Å². The molecule has 4 aliphatic heterocycles. The fourth-order valence-electron chi connectivity index (χ4n) is 8.31. The number of rotatable bonds is 7. The zero-order valence-electron chi connectivity index (χ0n) is 29.0. The van der Waals surface area contributed by atoms with Gasteiger partial charge in [0.15, 0.2) is 12.6 Å². The van der Waals surface area contributed by atoms with Crippen LogP contribution in [0.15, 0.2) is 0 Å². The average molecular weight is 646 g/mol. The molecule has 4 rings (SSSR count). The van der Waals surface area contributed by atoms with Crippen molar-refractivity contribution in [3.8, 4) is 0 Å². The van der Waals surface area contributed by atoms with Gasteiger partial charge in [-0.1, -0.05) is 20.8 Å². The minimum Gasteiger partial charge on any atom is -0.459 e. The van der Waals surface area contributed by atoms with Gasteiger partial charge in [0.05, 0.1) is 53.7 Å². The molecule has 12 nitrogen and oxygen atoms in total. The lowest BCUT2D eigenvalue weighted by Crippen LogP contribution is -2.60. The van der Waals surface area contributed by atoms with Crippen molar-refractivity contribution < 1.29 is 53.3 Å². The number of aliphatic hydroxyl groups is 3. The Morgan fingerprint density at radius 3 is 2.27 bits per heavy atom. The van der Waals surface area contributed by atoms with E-state index < -0.39 is 84.3 Å². The number of fused-ring (bicyclic) bond motifs is 2. The van der Waals surface area contributed by atoms with E-state index in [0.29, 0.717) is 12.8 Å². The van der Waals surface area contributed by atoms with E-state index in [4.69, 9.17) is 33.2 Å². The maximum atomic E-state index is 13.9. The zero-order valence-corrected chi connectivity index (χ0v) is 29.0. The van der Waals surface area contributed by atoms with E-state index >= 15 is 0 Å². The van der Waals surface area contributed by atoms with Crippen molar-refractivity contribution in [1.82, 2.24) is 5.32 Å². The second-order valence-electron chi connectivity index (χ2n) is 14.8. The van der Waals surface area contributed by atoms with Gasteiger partial charge >= 0.3 is 5.97 Å². The highest BCUT2D eigenvalue weighted by molar-refractivity contribution is 5.73. The van der Waals surface area contributed by atoms with Crippen LogP contribution in [0.1, 0.15) is 81.6 Å². The molecule has 0 saturated carbocycles. The van der Waals surface area contributed by atoms with E-state index in [1.165, 1.54) is 0 Å². The average Bonchev–Trinajstić information content (AvgIpc) is 3.29. The lowest BCUT2D eigenvalue weighted by molar-refractivity contribution is -0.316. The lowest BCUT2D eigenvalue weighted by atomic mass is 9.77. The standard InChI is InChI=1S/C33H59NO11/c1-15-13-33(9)29(44-31-24(36)22(34-10)12-16(2)40-31)18(4)26(42-23-14-32(8,39-11)28(37)21(7)41-23)19(5)30(38)43-27(20(6)35)17(3)25(15)45-33/h15-29,31,34-37H,12-14H2,1-11H3/t15?,16-,17-,18+,19-,20?,21+,22+,23+,24-,25?,26+,27-,28+,29-,31+,32-,33-/m1/s1. The van der Waals surface area contributed by atoms with Gasteiger partial charge in [0, 0.05) is 31.4 Å². The third kappa shape index (κ3) is 7.40. The van der Waals surface area contributed by atoms with Crippen molar-refractivity contribution in [2.45, 2.75) is 166 Å². The van der Waals surface area contributed by atoms with Gasteiger partial charge in [-0.3, -0.25) is 4.79 Å². The predicted molar refractivity (Wildman–Crippen MR) is 164 cm³/mol. The van der Waals surface area contributed by atoms with Crippen molar-refractivity contribution in [3.05, 3.63) is 0 Å². The fourth-order valence-corrected chi connectivity index (χ4v) is 8.31. The van der Waals surface area contributed by atoms with E-state index in [1.54, 1.807) is 34.9 Å². The maximum absolute atomic E-state index is 13.9. The number of nitrogens with one attached hydrogen (secondary N) is 1. The van der Waals surface area contributed by atoms with Crippen molar-refractivity contribution in [3.63, 3.8) is 0 Å². The number of hydrogen-bond donors (Lipinski definition) is 4. The highest BCUT2D eigenvalue weighted by atomic mass is 16.7. The Hall–Kier alpha value is -0.930. The molecule has 4 saturated heterocycles. The molecule has 262 valence electrons. The van der Waals surface area contributed by atoms with Crippen LogP contribution in [0.2, 0.25) is 0 Å². The highest BCUT2D eigenvalue weighted by Gasteiger charge is 2.57. The van der Waals surface area contributed by atoms with Crippen LogP contribution in [-0.4, -0.2) is 120 Å². The molecule has 0 amide bonds. The predicted octanol–water partition coefficient (Wildman–Crippen LogP) is 2.14. The van der Waals surface area contributed by atoms with Crippen molar-refractivity contribution in [2.24, 2.45) is 23.7 Å². The summed E-state index contributed by atoms with van der Waals surface area (Å²) in [7, 11) is 3.35. The molecule has 0 aromatic rings. The largest absolute Gasteiger partial charge is 0.459 e. The second-order valence-corrected chi connectivity index (χ2v) is 14.8. The number of methoxy groups -OCH3 is 1. The fraction of sp³-hybridized carbons (Fsp3) is 0.970. The summed E-state index contributed by atoms with van der Waals surface area (Å²) in [5, 5.41) is 36.1. The summed E-state index contributed by atoms with van der Waals surface area (Å²) in [6.45, 7) is 16.9. The third-order valence-corrected chi connectivity index (χ3v) is 11.0. The summed E-state index contributed by atoms with van der Waals surface area (Å²) in [6.07, 6.45) is -6.46. The van der Waals surface area contributed by atoms with Gasteiger partial charge in [-0.05, 0) is 67.3 Å². The number of ether oxygens (including phenoxy) is 7. The molecule has 0 aromatic carbocycles. The monoisotopic (exact) mass is 645 g/mol. The van der Waals surface area contributed by atoms with Gasteiger partial charge in [-0.2, -0.15) is 0 Å². The first-order chi connectivity index (χ1) is 21.0. The van der Waals surface area contributed by atoms with Crippen LogP contribution in [0.25, 0.3) is 0 Å². The van der Waals surface area contributed by atoms with Crippen molar-refractivity contribution >= 4 is 5.97 Å². The molecule has 2 bridgehead atoms. The molecule has 0 aromatic heterocycles. The number of carbonyl (C=O) groups is 1. The smallest absolute Gasteiger partial charge is 0.311 e. The van der Waals surface area contributed by atoms with Gasteiger partial charge < -0.3 is 53.8 Å². The van der Waals surface area contributed by atoms with E-state index in [0.717, 1.165) is 0 Å². The molecule has 3 unspecified atom stereocenters. The molecule has 0 radical (unpaired) electrons. The topological polar surface area (TPSA) is 154 Å². The summed E-state index contributed by atoms with van der Waals surface area (Å²) >= 11 is 0. The molecule has 4 aliphatic rings. The Morgan fingerprint density at radius 1 is 1.00 bits per heavy atom. The minimum atomic E-state index is -0.956. The number of hydrogen-bond acceptors (Lipinski definition) is 12. The first-order valence-corrected chi connectivity index (χ1v) is 16.7. The lowest BCUT2D eigenvalue weighted by Gasteiger charge is -2.48. The molecule has 18 atom stereocenters. The zero-order chi connectivity index (χ0) is 33.6. The SMILES string of the molecule is CN[C@H]1C[C@@H](C)O[C@@H](O[C@@H]2[C@@H](C)[C@H](O[C@H]3C[C@@](C)(OC)[C@@H](O)[C@H](C)O3)[C@@H](C)C(=O)O[C@@H](C(C)O)[C@H](C)C3O[C@]2(C)CC3C)[C@@H]1O. The van der Waals surface area contributed by atoms with E-state index in [9.17, 15) is 20.1 Å². The quantitative estimate of drug-likeness (QED) is 0.300. The number of esters is 1. The number of carbonyl (C=O) groups excluding carboxylic acids is 1. The van der Waals surface area contributed by atoms with E-state index in [2.05, 4.69) is 12.2 Å². The summed E-state index contributed by atoms with van der Waals surface area (Å²) in [4.78, 5) is 13.9.